The predicted molar refractivity (Wildman–Crippen MR) is 69.7 cm³/mol. The van der Waals surface area contributed by atoms with Crippen LogP contribution in [-0.2, 0) is 0 Å². The Morgan fingerprint density at radius 1 is 1.56 bits per heavy atom. The van der Waals surface area contributed by atoms with E-state index in [-0.39, 0.29) is 6.04 Å². The largest absolute Gasteiger partial charge is 0.465 e. The van der Waals surface area contributed by atoms with Crippen molar-refractivity contribution < 1.29 is 9.90 Å². The molecule has 2 rings (SSSR count). The van der Waals surface area contributed by atoms with Gasteiger partial charge in [0, 0.05) is 32.4 Å². The lowest BCUT2D eigenvalue weighted by Gasteiger charge is -2.37. The van der Waals surface area contributed by atoms with Gasteiger partial charge in [0.05, 0.1) is 17.6 Å². The topological polar surface area (TPSA) is 82.7 Å². The molecule has 18 heavy (non-hydrogen) atoms. The number of anilines is 2. The zero-order valence-corrected chi connectivity index (χ0v) is 10.4. The number of carboxylic acid groups (broad SMARTS) is 1. The van der Waals surface area contributed by atoms with Crippen molar-refractivity contribution in [2.24, 2.45) is 0 Å². The van der Waals surface area contributed by atoms with Crippen LogP contribution in [0.4, 0.5) is 16.2 Å². The molecule has 0 bridgehead atoms. The first-order chi connectivity index (χ1) is 8.59. The lowest BCUT2D eigenvalue weighted by atomic mass is 10.0. The molecule has 1 aromatic rings. The Hall–Kier alpha value is -1.98. The van der Waals surface area contributed by atoms with Crippen LogP contribution in [0.1, 0.15) is 12.8 Å². The number of aromatic nitrogens is 1. The summed E-state index contributed by atoms with van der Waals surface area (Å²) in [4.78, 5) is 18.4. The minimum atomic E-state index is -0.864. The Bertz CT molecular complexity index is 430. The second-order valence-corrected chi connectivity index (χ2v) is 4.55. The summed E-state index contributed by atoms with van der Waals surface area (Å²) >= 11 is 0. The van der Waals surface area contributed by atoms with E-state index in [4.69, 9.17) is 10.8 Å². The third-order valence-electron chi connectivity index (χ3n) is 3.48. The number of amides is 1. The minimum absolute atomic E-state index is 0.0989. The van der Waals surface area contributed by atoms with Crippen molar-refractivity contribution >= 4 is 17.5 Å². The third kappa shape index (κ3) is 2.47. The summed E-state index contributed by atoms with van der Waals surface area (Å²) in [5.74, 6) is 0. The van der Waals surface area contributed by atoms with Crippen molar-refractivity contribution in [1.29, 1.82) is 0 Å². The van der Waals surface area contributed by atoms with Crippen LogP contribution in [0.5, 0.6) is 0 Å². The Balaban J connectivity index is 1.99. The summed E-state index contributed by atoms with van der Waals surface area (Å²) in [6, 6.07) is 2.00. The van der Waals surface area contributed by atoms with Gasteiger partial charge in [-0.15, -0.1) is 0 Å². The summed E-state index contributed by atoms with van der Waals surface area (Å²) in [6.07, 6.45) is 4.15. The third-order valence-corrected chi connectivity index (χ3v) is 3.48. The molecule has 0 unspecified atom stereocenters. The fourth-order valence-electron chi connectivity index (χ4n) is 2.34. The van der Waals surface area contributed by atoms with Gasteiger partial charge in [-0.2, -0.15) is 0 Å². The van der Waals surface area contributed by atoms with E-state index in [0.717, 1.165) is 31.6 Å². The van der Waals surface area contributed by atoms with Gasteiger partial charge in [0.2, 0.25) is 0 Å². The first kappa shape index (κ1) is 12.5. The van der Waals surface area contributed by atoms with Gasteiger partial charge in [0.1, 0.15) is 0 Å². The van der Waals surface area contributed by atoms with Crippen molar-refractivity contribution in [3.05, 3.63) is 18.5 Å². The number of nitrogen functional groups attached to an aromatic ring is 1. The van der Waals surface area contributed by atoms with Gasteiger partial charge in [-0.1, -0.05) is 0 Å². The molecule has 1 amide bonds. The number of hydrogen-bond donors (Lipinski definition) is 2. The van der Waals surface area contributed by atoms with Gasteiger partial charge < -0.3 is 20.6 Å². The molecule has 1 fully saturated rings. The summed E-state index contributed by atoms with van der Waals surface area (Å²) in [5.41, 5.74) is 7.54. The Labute approximate surface area is 106 Å². The average molecular weight is 250 g/mol. The van der Waals surface area contributed by atoms with Gasteiger partial charge in [-0.25, -0.2) is 4.79 Å². The molecule has 1 aromatic heterocycles. The van der Waals surface area contributed by atoms with Crippen LogP contribution in [-0.4, -0.2) is 47.3 Å². The normalized spacial score (nSPS) is 16.6. The SMILES string of the molecule is CN(C(=O)O)C1CCN(c2ccncc2N)CC1. The molecule has 0 aliphatic carbocycles. The van der Waals surface area contributed by atoms with Crippen molar-refractivity contribution in [1.82, 2.24) is 9.88 Å². The van der Waals surface area contributed by atoms with Gasteiger partial charge in [-0.05, 0) is 18.9 Å². The summed E-state index contributed by atoms with van der Waals surface area (Å²) in [6.45, 7) is 1.63. The lowest BCUT2D eigenvalue weighted by molar-refractivity contribution is 0.131. The zero-order chi connectivity index (χ0) is 13.1. The first-order valence-corrected chi connectivity index (χ1v) is 6.00. The van der Waals surface area contributed by atoms with E-state index in [1.54, 1.807) is 19.4 Å². The predicted octanol–water partition coefficient (Wildman–Crippen LogP) is 1.24. The van der Waals surface area contributed by atoms with Crippen LogP contribution >= 0.6 is 0 Å². The monoisotopic (exact) mass is 250 g/mol. The molecule has 0 saturated carbocycles. The Morgan fingerprint density at radius 2 is 2.22 bits per heavy atom. The van der Waals surface area contributed by atoms with Crippen molar-refractivity contribution in [3.63, 3.8) is 0 Å². The highest BCUT2D eigenvalue weighted by atomic mass is 16.4. The number of rotatable bonds is 2. The average Bonchev–Trinajstić information content (AvgIpc) is 2.38. The maximum atomic E-state index is 10.9. The van der Waals surface area contributed by atoms with Gasteiger partial charge >= 0.3 is 6.09 Å². The number of carbonyl (C=O) groups is 1. The zero-order valence-electron chi connectivity index (χ0n) is 10.4. The summed E-state index contributed by atoms with van der Waals surface area (Å²) in [5, 5.41) is 8.95. The molecule has 1 aliphatic rings. The van der Waals surface area contributed by atoms with Gasteiger partial charge in [0.15, 0.2) is 0 Å². The highest BCUT2D eigenvalue weighted by Crippen LogP contribution is 2.26. The summed E-state index contributed by atoms with van der Waals surface area (Å²) in [7, 11) is 1.63. The highest BCUT2D eigenvalue weighted by Gasteiger charge is 2.25. The number of hydrogen-bond acceptors (Lipinski definition) is 4. The smallest absolute Gasteiger partial charge is 0.407 e. The van der Waals surface area contributed by atoms with Gasteiger partial charge in [0.25, 0.3) is 0 Å². The molecular formula is C12H18N4O2. The maximum Gasteiger partial charge on any atom is 0.407 e. The van der Waals surface area contributed by atoms with Crippen LogP contribution < -0.4 is 10.6 Å². The Morgan fingerprint density at radius 3 is 2.78 bits per heavy atom. The molecular weight excluding hydrogens is 232 g/mol. The van der Waals surface area contributed by atoms with Crippen LogP contribution in [0.2, 0.25) is 0 Å². The van der Waals surface area contributed by atoms with E-state index in [1.807, 2.05) is 6.07 Å². The van der Waals surface area contributed by atoms with E-state index in [9.17, 15) is 4.79 Å². The molecule has 98 valence electrons. The molecule has 1 aliphatic heterocycles. The summed E-state index contributed by atoms with van der Waals surface area (Å²) < 4.78 is 0. The molecule has 1 saturated heterocycles. The van der Waals surface area contributed by atoms with Gasteiger partial charge in [-0.3, -0.25) is 4.98 Å². The maximum absolute atomic E-state index is 10.9. The van der Waals surface area contributed by atoms with E-state index in [2.05, 4.69) is 9.88 Å². The molecule has 2 heterocycles. The van der Waals surface area contributed by atoms with Crippen LogP contribution in [0.3, 0.4) is 0 Å². The van der Waals surface area contributed by atoms with E-state index in [0.29, 0.717) is 5.69 Å². The van der Waals surface area contributed by atoms with E-state index >= 15 is 0 Å². The molecule has 6 heteroatoms. The molecule has 0 aromatic carbocycles. The second kappa shape index (κ2) is 5.12. The fourth-order valence-corrected chi connectivity index (χ4v) is 2.34. The Kier molecular flexibility index (Phi) is 3.55. The standard InChI is InChI=1S/C12H18N4O2/c1-15(12(17)18)9-3-6-16(7-4-9)11-2-5-14-8-10(11)13/h2,5,8-9H,3-4,6-7,13H2,1H3,(H,17,18). The number of piperidine rings is 1. The molecule has 0 radical (unpaired) electrons. The minimum Gasteiger partial charge on any atom is -0.465 e. The number of nitrogens with two attached hydrogens (primary N) is 1. The first-order valence-electron chi connectivity index (χ1n) is 6.00. The quantitative estimate of drug-likeness (QED) is 0.825. The number of nitrogens with zero attached hydrogens (tertiary/aromatic N) is 3. The van der Waals surface area contributed by atoms with E-state index < -0.39 is 6.09 Å². The second-order valence-electron chi connectivity index (χ2n) is 4.55. The van der Waals surface area contributed by atoms with Crippen molar-refractivity contribution in [3.8, 4) is 0 Å². The highest BCUT2D eigenvalue weighted by molar-refractivity contribution is 5.67. The molecule has 3 N–H and O–H groups in total. The lowest BCUT2D eigenvalue weighted by Crippen LogP contribution is -2.45. The van der Waals surface area contributed by atoms with Crippen LogP contribution in [0.25, 0.3) is 0 Å². The number of pyridine rings is 1. The van der Waals surface area contributed by atoms with E-state index in [1.165, 1.54) is 4.90 Å². The van der Waals surface area contributed by atoms with Crippen molar-refractivity contribution in [2.75, 3.05) is 30.8 Å². The molecule has 0 spiro atoms. The van der Waals surface area contributed by atoms with Crippen molar-refractivity contribution in [2.45, 2.75) is 18.9 Å². The fraction of sp³-hybridized carbons (Fsp3) is 0.500. The molecule has 6 nitrogen and oxygen atoms in total. The van der Waals surface area contributed by atoms with Crippen LogP contribution in [0, 0.1) is 0 Å². The molecule has 0 atom stereocenters. The van der Waals surface area contributed by atoms with Crippen LogP contribution in [0.15, 0.2) is 18.5 Å².